The van der Waals surface area contributed by atoms with Crippen LogP contribution in [0.25, 0.3) is 11.0 Å². The number of rotatable bonds is 8. The third kappa shape index (κ3) is 7.32. The van der Waals surface area contributed by atoms with Gasteiger partial charge in [-0.25, -0.2) is 9.78 Å². The van der Waals surface area contributed by atoms with E-state index in [-0.39, 0.29) is 11.8 Å². The van der Waals surface area contributed by atoms with E-state index in [1.165, 1.54) is 0 Å². The van der Waals surface area contributed by atoms with Crippen molar-refractivity contribution in [2.75, 3.05) is 6.54 Å². The third-order valence-electron chi connectivity index (χ3n) is 4.86. The van der Waals surface area contributed by atoms with Gasteiger partial charge in [0.2, 0.25) is 5.91 Å². The van der Waals surface area contributed by atoms with E-state index in [9.17, 15) is 9.59 Å². The van der Waals surface area contributed by atoms with E-state index in [0.29, 0.717) is 19.5 Å². The molecule has 0 bridgehead atoms. The van der Waals surface area contributed by atoms with E-state index >= 15 is 0 Å². The van der Waals surface area contributed by atoms with Crippen molar-refractivity contribution in [3.05, 3.63) is 52.2 Å². The standard InChI is InChI=1S/C25H33N3O4S/c1-16(2)13-28(14-20-15-33-17(3)26-20)23(29)21(27-24(30)32-25(4,5)6)12-18-7-8-22-19(11-18)9-10-31-22/h7-11,15-16,21H,12-14H2,1-6H3,(H,27,30). The molecule has 33 heavy (non-hydrogen) atoms. The van der Waals surface area contributed by atoms with E-state index in [2.05, 4.69) is 24.1 Å². The molecule has 7 nitrogen and oxygen atoms in total. The van der Waals surface area contributed by atoms with E-state index < -0.39 is 17.7 Å². The van der Waals surface area contributed by atoms with Gasteiger partial charge in [0.1, 0.15) is 17.2 Å². The van der Waals surface area contributed by atoms with Crippen LogP contribution in [0.4, 0.5) is 4.79 Å². The molecule has 0 aliphatic rings. The molecule has 1 aromatic carbocycles. The molecule has 8 heteroatoms. The van der Waals surface area contributed by atoms with Crippen molar-refractivity contribution in [2.24, 2.45) is 5.92 Å². The van der Waals surface area contributed by atoms with Crippen molar-refractivity contribution in [1.29, 1.82) is 0 Å². The van der Waals surface area contributed by atoms with E-state index in [1.54, 1.807) is 43.3 Å². The fraction of sp³-hybridized carbons (Fsp3) is 0.480. The molecule has 0 aliphatic heterocycles. The second kappa shape index (κ2) is 10.4. The van der Waals surface area contributed by atoms with Gasteiger partial charge in [0.05, 0.1) is 23.5 Å². The van der Waals surface area contributed by atoms with Crippen LogP contribution in [0.5, 0.6) is 0 Å². The van der Waals surface area contributed by atoms with Crippen molar-refractivity contribution in [1.82, 2.24) is 15.2 Å². The number of carbonyl (C=O) groups excluding carboxylic acids is 2. The van der Waals surface area contributed by atoms with Crippen LogP contribution in [0.2, 0.25) is 0 Å². The zero-order chi connectivity index (χ0) is 24.2. The van der Waals surface area contributed by atoms with Gasteiger partial charge in [-0.2, -0.15) is 0 Å². The third-order valence-corrected chi connectivity index (χ3v) is 5.68. The van der Waals surface area contributed by atoms with Gasteiger partial charge in [0.15, 0.2) is 0 Å². The molecule has 0 fully saturated rings. The minimum atomic E-state index is -0.775. The minimum Gasteiger partial charge on any atom is -0.464 e. The monoisotopic (exact) mass is 471 g/mol. The summed E-state index contributed by atoms with van der Waals surface area (Å²) in [6, 6.07) is 6.88. The number of aromatic nitrogens is 1. The lowest BCUT2D eigenvalue weighted by Crippen LogP contribution is -2.51. The number of furan rings is 1. The second-order valence-corrected chi connectivity index (χ2v) is 10.7. The summed E-state index contributed by atoms with van der Waals surface area (Å²) in [5.41, 5.74) is 1.89. The lowest BCUT2D eigenvalue weighted by Gasteiger charge is -2.29. The predicted molar refractivity (Wildman–Crippen MR) is 130 cm³/mol. The van der Waals surface area contributed by atoms with E-state index in [4.69, 9.17) is 9.15 Å². The van der Waals surface area contributed by atoms with Gasteiger partial charge in [0, 0.05) is 23.7 Å². The second-order valence-electron chi connectivity index (χ2n) is 9.67. The largest absolute Gasteiger partial charge is 0.464 e. The zero-order valence-electron chi connectivity index (χ0n) is 20.2. The summed E-state index contributed by atoms with van der Waals surface area (Å²) in [5.74, 6) is 0.102. The van der Waals surface area contributed by atoms with Crippen LogP contribution >= 0.6 is 11.3 Å². The molecule has 0 saturated heterocycles. The Morgan fingerprint density at radius 1 is 1.24 bits per heavy atom. The van der Waals surface area contributed by atoms with Gasteiger partial charge < -0.3 is 19.4 Å². The first-order chi connectivity index (χ1) is 15.5. The van der Waals surface area contributed by atoms with Gasteiger partial charge >= 0.3 is 6.09 Å². The SMILES string of the molecule is Cc1nc(CN(CC(C)C)C(=O)C(Cc2ccc3occc3c2)NC(=O)OC(C)(C)C)cs1. The van der Waals surface area contributed by atoms with E-state index in [1.807, 2.05) is 36.6 Å². The topological polar surface area (TPSA) is 84.7 Å². The molecule has 3 aromatic rings. The molecule has 0 saturated carbocycles. The normalized spacial score (nSPS) is 12.7. The number of fused-ring (bicyclic) bond motifs is 1. The van der Waals surface area contributed by atoms with Gasteiger partial charge in [0.25, 0.3) is 0 Å². The van der Waals surface area contributed by atoms with Gasteiger partial charge in [-0.05, 0) is 57.4 Å². The van der Waals surface area contributed by atoms with Crippen LogP contribution < -0.4 is 5.32 Å². The number of ether oxygens (including phenoxy) is 1. The number of alkyl carbamates (subject to hydrolysis) is 1. The van der Waals surface area contributed by atoms with Gasteiger partial charge in [-0.3, -0.25) is 4.79 Å². The Bertz CT molecular complexity index is 1100. The van der Waals surface area contributed by atoms with Crippen molar-refractivity contribution in [3.8, 4) is 0 Å². The first-order valence-electron chi connectivity index (χ1n) is 11.2. The molecule has 2 amide bonds. The maximum atomic E-state index is 13.7. The lowest BCUT2D eigenvalue weighted by atomic mass is 10.0. The molecule has 0 radical (unpaired) electrons. The van der Waals surface area contributed by atoms with Crippen molar-refractivity contribution < 1.29 is 18.7 Å². The van der Waals surface area contributed by atoms with Gasteiger partial charge in [-0.15, -0.1) is 11.3 Å². The van der Waals surface area contributed by atoms with Crippen LogP contribution in [0.1, 0.15) is 50.9 Å². The highest BCUT2D eigenvalue weighted by molar-refractivity contribution is 7.09. The molecule has 1 unspecified atom stereocenters. The molecular formula is C25H33N3O4S. The highest BCUT2D eigenvalue weighted by atomic mass is 32.1. The average Bonchev–Trinajstić information content (AvgIpc) is 3.32. The molecule has 2 aromatic heterocycles. The average molecular weight is 472 g/mol. The number of hydrogen-bond acceptors (Lipinski definition) is 6. The van der Waals surface area contributed by atoms with Crippen LogP contribution in [-0.4, -0.2) is 40.1 Å². The van der Waals surface area contributed by atoms with Gasteiger partial charge in [-0.1, -0.05) is 19.9 Å². The summed E-state index contributed by atoms with van der Waals surface area (Å²) in [6.07, 6.45) is 1.36. The maximum absolute atomic E-state index is 13.7. The number of thiazole rings is 1. The molecule has 1 N–H and O–H groups in total. The molecule has 1 atom stereocenters. The molecule has 0 aliphatic carbocycles. The zero-order valence-corrected chi connectivity index (χ0v) is 21.0. The summed E-state index contributed by atoms with van der Waals surface area (Å²) in [7, 11) is 0. The Balaban J connectivity index is 1.86. The van der Waals surface area contributed by atoms with Crippen LogP contribution in [0.3, 0.4) is 0 Å². The predicted octanol–water partition coefficient (Wildman–Crippen LogP) is 5.32. The number of amides is 2. The Labute approximate surface area is 199 Å². The Hall–Kier alpha value is -2.87. The van der Waals surface area contributed by atoms with Crippen molar-refractivity contribution in [3.63, 3.8) is 0 Å². The highest BCUT2D eigenvalue weighted by Crippen LogP contribution is 2.20. The Morgan fingerprint density at radius 3 is 2.64 bits per heavy atom. The van der Waals surface area contributed by atoms with Crippen LogP contribution in [-0.2, 0) is 22.5 Å². The number of aryl methyl sites for hydroxylation is 1. The molecule has 2 heterocycles. The Kier molecular flexibility index (Phi) is 7.79. The van der Waals surface area contributed by atoms with Crippen LogP contribution in [0, 0.1) is 12.8 Å². The van der Waals surface area contributed by atoms with Crippen molar-refractivity contribution >= 4 is 34.3 Å². The quantitative estimate of drug-likeness (QED) is 0.481. The van der Waals surface area contributed by atoms with E-state index in [0.717, 1.165) is 27.2 Å². The van der Waals surface area contributed by atoms with Crippen molar-refractivity contribution in [2.45, 2.75) is 66.2 Å². The summed E-state index contributed by atoms with van der Waals surface area (Å²) in [4.78, 5) is 32.6. The summed E-state index contributed by atoms with van der Waals surface area (Å²) in [6.45, 7) is 12.4. The summed E-state index contributed by atoms with van der Waals surface area (Å²) in [5, 5.41) is 6.70. The molecule has 3 rings (SSSR count). The number of nitrogens with one attached hydrogen (secondary N) is 1. The number of hydrogen-bond donors (Lipinski definition) is 1. The fourth-order valence-electron chi connectivity index (χ4n) is 3.60. The molecule has 178 valence electrons. The van der Waals surface area contributed by atoms with Crippen LogP contribution in [0.15, 0.2) is 40.3 Å². The first-order valence-corrected chi connectivity index (χ1v) is 12.0. The first kappa shape index (κ1) is 24.8. The highest BCUT2D eigenvalue weighted by Gasteiger charge is 2.29. The minimum absolute atomic E-state index is 0.160. The molecule has 0 spiro atoms. The lowest BCUT2D eigenvalue weighted by molar-refractivity contribution is -0.134. The summed E-state index contributed by atoms with van der Waals surface area (Å²) < 4.78 is 10.9. The number of benzene rings is 1. The number of nitrogens with zero attached hydrogens (tertiary/aromatic N) is 2. The summed E-state index contributed by atoms with van der Waals surface area (Å²) >= 11 is 1.56. The smallest absolute Gasteiger partial charge is 0.408 e. The maximum Gasteiger partial charge on any atom is 0.408 e. The Morgan fingerprint density at radius 2 is 2.00 bits per heavy atom. The molecular weight excluding hydrogens is 438 g/mol. The number of carbonyl (C=O) groups is 2. The fourth-order valence-corrected chi connectivity index (χ4v) is 4.20.